The van der Waals surface area contributed by atoms with Crippen molar-refractivity contribution in [2.75, 3.05) is 51.1 Å². The molecule has 2 heterocycles. The van der Waals surface area contributed by atoms with Crippen molar-refractivity contribution in [3.05, 3.63) is 11.6 Å². The van der Waals surface area contributed by atoms with Gasteiger partial charge in [0.2, 0.25) is 5.28 Å². The highest BCUT2D eigenvalue weighted by molar-refractivity contribution is 7.55. The van der Waals surface area contributed by atoms with Gasteiger partial charge in [0.05, 0.1) is 45.1 Å². The third kappa shape index (κ3) is 7.22. The van der Waals surface area contributed by atoms with Crippen LogP contribution in [0, 0.1) is 5.92 Å². The van der Waals surface area contributed by atoms with Gasteiger partial charge < -0.3 is 28.0 Å². The quantitative estimate of drug-likeness (QED) is 0.266. The highest BCUT2D eigenvalue weighted by atomic mass is 35.5. The van der Waals surface area contributed by atoms with Crippen molar-refractivity contribution in [3.63, 3.8) is 0 Å². The lowest BCUT2D eigenvalue weighted by molar-refractivity contribution is 0.208. The molecule has 0 spiro atoms. The zero-order chi connectivity index (χ0) is 23.8. The summed E-state index contributed by atoms with van der Waals surface area (Å²) in [6.07, 6.45) is 1.63. The molecule has 0 unspecified atom stereocenters. The molecule has 32 heavy (non-hydrogen) atoms. The Hall–Kier alpha value is -1.06. The van der Waals surface area contributed by atoms with E-state index in [4.69, 9.17) is 29.7 Å². The van der Waals surface area contributed by atoms with Gasteiger partial charge in [-0.25, -0.2) is 4.98 Å². The van der Waals surface area contributed by atoms with Crippen molar-refractivity contribution in [2.24, 2.45) is 5.92 Å². The maximum atomic E-state index is 13.3. The molecule has 0 aliphatic rings. The summed E-state index contributed by atoms with van der Waals surface area (Å²) in [6.45, 7) is 8.13. The number of nitrogens with one attached hydrogen (secondary N) is 1. The van der Waals surface area contributed by atoms with Crippen molar-refractivity contribution in [2.45, 2.75) is 34.2 Å². The summed E-state index contributed by atoms with van der Waals surface area (Å²) in [5.41, 5.74) is 1.02. The van der Waals surface area contributed by atoms with E-state index in [2.05, 4.69) is 20.3 Å². The van der Waals surface area contributed by atoms with Crippen LogP contribution in [0.2, 0.25) is 5.28 Å². The molecule has 0 aromatic carbocycles. The first-order valence-electron chi connectivity index (χ1n) is 10.5. The molecular formula is C18H32ClN5O6P2. The van der Waals surface area contributed by atoms with Gasteiger partial charge in [0.1, 0.15) is 0 Å². The number of hydrogen-bond donors (Lipinski definition) is 1. The lowest BCUT2D eigenvalue weighted by Gasteiger charge is -2.26. The van der Waals surface area contributed by atoms with E-state index in [0.717, 1.165) is 0 Å². The van der Waals surface area contributed by atoms with Crippen LogP contribution in [0.25, 0.3) is 11.2 Å². The number of rotatable bonds is 15. The van der Waals surface area contributed by atoms with Crippen LogP contribution >= 0.6 is 26.8 Å². The zero-order valence-corrected chi connectivity index (χ0v) is 21.7. The summed E-state index contributed by atoms with van der Waals surface area (Å²) in [6, 6.07) is 0. The minimum absolute atomic E-state index is 0.0240. The van der Waals surface area contributed by atoms with Gasteiger partial charge in [-0.05, 0) is 45.2 Å². The average Bonchev–Trinajstić information content (AvgIpc) is 3.10. The molecule has 0 saturated heterocycles. The van der Waals surface area contributed by atoms with E-state index in [1.807, 2.05) is 0 Å². The molecule has 14 heteroatoms. The SMILES string of the molecule is CCOP(=O)(CC(Cn1cnc2c(NC)nc(Cl)nc21)CP(=O)(OCC)OCC)OCC. The Bertz CT molecular complexity index is 923. The van der Waals surface area contributed by atoms with Crippen LogP contribution in [0.5, 0.6) is 0 Å². The summed E-state index contributed by atoms with van der Waals surface area (Å²) >= 11 is 6.07. The van der Waals surface area contributed by atoms with E-state index in [1.165, 1.54) is 0 Å². The van der Waals surface area contributed by atoms with E-state index in [1.54, 1.807) is 45.6 Å². The topological polar surface area (TPSA) is 127 Å². The first-order chi connectivity index (χ1) is 15.2. The van der Waals surface area contributed by atoms with Gasteiger partial charge in [-0.3, -0.25) is 9.13 Å². The molecule has 2 rings (SSSR count). The van der Waals surface area contributed by atoms with Crippen LogP contribution in [0.4, 0.5) is 5.82 Å². The fourth-order valence-corrected chi connectivity index (χ4v) is 7.65. The Morgan fingerprint density at radius 1 is 0.969 bits per heavy atom. The third-order valence-electron chi connectivity index (χ3n) is 4.40. The summed E-state index contributed by atoms with van der Waals surface area (Å²) in [7, 11) is -5.17. The van der Waals surface area contributed by atoms with E-state index in [0.29, 0.717) is 17.0 Å². The molecule has 11 nitrogen and oxygen atoms in total. The van der Waals surface area contributed by atoms with Gasteiger partial charge in [0.15, 0.2) is 17.0 Å². The van der Waals surface area contributed by atoms with Gasteiger partial charge in [0.25, 0.3) is 0 Å². The molecular weight excluding hydrogens is 480 g/mol. The van der Waals surface area contributed by atoms with Crippen LogP contribution in [0.15, 0.2) is 6.33 Å². The highest BCUT2D eigenvalue weighted by Crippen LogP contribution is 2.55. The second-order valence-corrected chi connectivity index (χ2v) is 11.3. The number of imidazole rings is 1. The number of halogens is 1. The van der Waals surface area contributed by atoms with Crippen LogP contribution < -0.4 is 5.32 Å². The van der Waals surface area contributed by atoms with Crippen LogP contribution in [0.3, 0.4) is 0 Å². The Morgan fingerprint density at radius 3 is 1.91 bits per heavy atom. The Morgan fingerprint density at radius 2 is 1.47 bits per heavy atom. The smallest absolute Gasteiger partial charge is 0.331 e. The monoisotopic (exact) mass is 511 g/mol. The Kier molecular flexibility index (Phi) is 10.5. The molecule has 0 aliphatic carbocycles. The maximum absolute atomic E-state index is 13.3. The van der Waals surface area contributed by atoms with Gasteiger partial charge in [-0.15, -0.1) is 0 Å². The van der Waals surface area contributed by atoms with Gasteiger partial charge in [-0.1, -0.05) is 0 Å². The van der Waals surface area contributed by atoms with E-state index >= 15 is 0 Å². The van der Waals surface area contributed by atoms with Crippen molar-refractivity contribution < 1.29 is 27.2 Å². The number of anilines is 1. The van der Waals surface area contributed by atoms with Gasteiger partial charge in [0, 0.05) is 13.6 Å². The summed E-state index contributed by atoms with van der Waals surface area (Å²) in [4.78, 5) is 12.8. The Labute approximate surface area is 193 Å². The summed E-state index contributed by atoms with van der Waals surface area (Å²) in [5.74, 6) is 0.0333. The number of fused-ring (bicyclic) bond motifs is 1. The molecule has 0 saturated carbocycles. The molecule has 2 aromatic rings. The molecule has 1 N–H and O–H groups in total. The second-order valence-electron chi connectivity index (χ2n) is 6.78. The molecule has 0 atom stereocenters. The molecule has 0 aliphatic heterocycles. The van der Waals surface area contributed by atoms with Crippen molar-refractivity contribution >= 4 is 43.8 Å². The van der Waals surface area contributed by atoms with Gasteiger partial charge >= 0.3 is 15.2 Å². The minimum atomic E-state index is -3.44. The average molecular weight is 512 g/mol. The number of aromatic nitrogens is 4. The van der Waals surface area contributed by atoms with Crippen molar-refractivity contribution in [1.29, 1.82) is 0 Å². The van der Waals surface area contributed by atoms with Crippen molar-refractivity contribution in [3.8, 4) is 0 Å². The number of nitrogens with zero attached hydrogens (tertiary/aromatic N) is 4. The van der Waals surface area contributed by atoms with E-state index in [9.17, 15) is 9.13 Å². The van der Waals surface area contributed by atoms with Crippen molar-refractivity contribution in [1.82, 2.24) is 19.5 Å². The molecule has 0 fully saturated rings. The summed E-state index contributed by atoms with van der Waals surface area (Å²) < 4.78 is 50.2. The fraction of sp³-hybridized carbons (Fsp3) is 0.722. The Balaban J connectivity index is 2.44. The molecule has 2 aromatic heterocycles. The van der Waals surface area contributed by atoms with Crippen LogP contribution in [0.1, 0.15) is 27.7 Å². The normalized spacial score (nSPS) is 12.7. The first-order valence-corrected chi connectivity index (χ1v) is 14.4. The van der Waals surface area contributed by atoms with E-state index in [-0.39, 0.29) is 50.6 Å². The maximum Gasteiger partial charge on any atom is 0.331 e. The van der Waals surface area contributed by atoms with Crippen LogP contribution in [-0.4, -0.2) is 65.3 Å². The van der Waals surface area contributed by atoms with Crippen LogP contribution in [-0.2, 0) is 33.8 Å². The standard InChI is InChI=1S/C18H32ClN5O6P2/c1-6-27-31(25,28-7-2)11-14(12-32(26,29-8-3)30-9-4)10-24-13-21-15-16(20-5)22-18(19)23-17(15)24/h13-14H,6-12H2,1-5H3,(H,20,22,23). The molecule has 0 amide bonds. The lowest BCUT2D eigenvalue weighted by Crippen LogP contribution is -2.22. The first kappa shape index (κ1) is 27.2. The number of hydrogen-bond acceptors (Lipinski definition) is 10. The highest BCUT2D eigenvalue weighted by Gasteiger charge is 2.35. The van der Waals surface area contributed by atoms with E-state index < -0.39 is 21.1 Å². The molecule has 182 valence electrons. The lowest BCUT2D eigenvalue weighted by atomic mass is 10.2. The largest absolute Gasteiger partial charge is 0.371 e. The zero-order valence-electron chi connectivity index (χ0n) is 19.1. The molecule has 0 radical (unpaired) electrons. The minimum Gasteiger partial charge on any atom is -0.371 e. The second kappa shape index (κ2) is 12.4. The van der Waals surface area contributed by atoms with Gasteiger partial charge in [-0.2, -0.15) is 9.97 Å². The molecule has 0 bridgehead atoms. The predicted molar refractivity (Wildman–Crippen MR) is 125 cm³/mol. The third-order valence-corrected chi connectivity index (χ3v) is 9.10. The predicted octanol–water partition coefficient (Wildman–Crippen LogP) is 4.67. The fourth-order valence-electron chi connectivity index (χ4n) is 3.38. The summed E-state index contributed by atoms with van der Waals surface area (Å²) in [5, 5.41) is 3.00.